The van der Waals surface area contributed by atoms with Crippen molar-refractivity contribution in [1.29, 1.82) is 0 Å². The number of hydrogen-bond donors (Lipinski definition) is 2. The van der Waals surface area contributed by atoms with Gasteiger partial charge in [-0.25, -0.2) is 13.1 Å². The van der Waals surface area contributed by atoms with Crippen LogP contribution in [-0.2, 0) is 10.0 Å². The molecule has 2 rings (SSSR count). The van der Waals surface area contributed by atoms with Crippen LogP contribution in [0.2, 0.25) is 0 Å². The fourth-order valence-corrected chi connectivity index (χ4v) is 3.37. The summed E-state index contributed by atoms with van der Waals surface area (Å²) in [6.45, 7) is 0.377. The summed E-state index contributed by atoms with van der Waals surface area (Å²) < 4.78 is 26.5. The van der Waals surface area contributed by atoms with Crippen LogP contribution in [0.1, 0.15) is 32.1 Å². The quantitative estimate of drug-likeness (QED) is 0.815. The normalized spacial score (nSPS) is 16.1. The van der Waals surface area contributed by atoms with Crippen LogP contribution in [0.4, 0.5) is 0 Å². The van der Waals surface area contributed by atoms with Crippen LogP contribution >= 0.6 is 0 Å². The third-order valence-electron chi connectivity index (χ3n) is 3.28. The molecule has 0 atom stereocenters. The van der Waals surface area contributed by atoms with E-state index in [1.165, 1.54) is 30.5 Å². The van der Waals surface area contributed by atoms with Crippen molar-refractivity contribution in [3.8, 4) is 5.75 Å². The van der Waals surface area contributed by atoms with E-state index in [1.807, 2.05) is 0 Å². The molecule has 0 radical (unpaired) electrons. The van der Waals surface area contributed by atoms with Crippen molar-refractivity contribution >= 4 is 10.0 Å². The molecule has 19 heavy (non-hydrogen) atoms. The first kappa shape index (κ1) is 14.1. The summed E-state index contributed by atoms with van der Waals surface area (Å²) in [5.74, 6) is -0.216. The monoisotopic (exact) mass is 281 g/mol. The number of aromatic hydroxyl groups is 1. The molecule has 5 heteroatoms. The molecule has 0 saturated heterocycles. The Hall–Kier alpha value is -1.33. The van der Waals surface area contributed by atoms with Crippen molar-refractivity contribution < 1.29 is 13.5 Å². The van der Waals surface area contributed by atoms with Crippen LogP contribution in [0.15, 0.2) is 40.8 Å². The lowest BCUT2D eigenvalue weighted by atomic mass is 9.97. The lowest BCUT2D eigenvalue weighted by Gasteiger charge is -2.13. The number of nitrogens with one attached hydrogen (secondary N) is 1. The van der Waals surface area contributed by atoms with E-state index in [2.05, 4.69) is 10.8 Å². The molecule has 0 aliphatic heterocycles. The smallest absolute Gasteiger partial charge is 0.244 e. The average molecular weight is 281 g/mol. The highest BCUT2D eigenvalue weighted by Crippen LogP contribution is 2.22. The van der Waals surface area contributed by atoms with Crippen LogP contribution in [0.25, 0.3) is 0 Å². The molecule has 2 N–H and O–H groups in total. The van der Waals surface area contributed by atoms with Gasteiger partial charge in [-0.1, -0.05) is 23.8 Å². The molecular formula is C14H19NO3S. The Labute approximate surface area is 114 Å². The number of phenols is 1. The van der Waals surface area contributed by atoms with Crippen molar-refractivity contribution in [2.75, 3.05) is 6.54 Å². The molecular weight excluding hydrogens is 262 g/mol. The summed E-state index contributed by atoms with van der Waals surface area (Å²) >= 11 is 0. The van der Waals surface area contributed by atoms with E-state index in [0.29, 0.717) is 6.54 Å². The van der Waals surface area contributed by atoms with Gasteiger partial charge < -0.3 is 5.11 Å². The van der Waals surface area contributed by atoms with E-state index in [-0.39, 0.29) is 10.6 Å². The summed E-state index contributed by atoms with van der Waals surface area (Å²) in [5.41, 5.74) is 1.33. The highest BCUT2D eigenvalue weighted by molar-refractivity contribution is 7.89. The number of hydrogen-bond acceptors (Lipinski definition) is 3. The zero-order valence-corrected chi connectivity index (χ0v) is 11.6. The summed E-state index contributed by atoms with van der Waals surface area (Å²) in [6, 6.07) is 5.97. The Morgan fingerprint density at radius 3 is 2.68 bits per heavy atom. The van der Waals surface area contributed by atoms with Gasteiger partial charge in [0.15, 0.2) is 0 Å². The van der Waals surface area contributed by atoms with Crippen molar-refractivity contribution in [2.24, 2.45) is 0 Å². The Morgan fingerprint density at radius 1 is 1.21 bits per heavy atom. The molecule has 0 heterocycles. The second-order valence-electron chi connectivity index (χ2n) is 4.72. The van der Waals surface area contributed by atoms with Gasteiger partial charge in [-0.15, -0.1) is 0 Å². The highest BCUT2D eigenvalue weighted by Gasteiger charge is 2.17. The highest BCUT2D eigenvalue weighted by atomic mass is 32.2. The first-order valence-corrected chi connectivity index (χ1v) is 8.03. The van der Waals surface area contributed by atoms with Gasteiger partial charge in [0.1, 0.15) is 10.6 Å². The van der Waals surface area contributed by atoms with Gasteiger partial charge in [0.2, 0.25) is 10.0 Å². The number of rotatable bonds is 5. The predicted molar refractivity (Wildman–Crippen MR) is 74.5 cm³/mol. The minimum atomic E-state index is -3.62. The fourth-order valence-electron chi connectivity index (χ4n) is 2.24. The van der Waals surface area contributed by atoms with Gasteiger partial charge in [0, 0.05) is 6.54 Å². The third-order valence-corrected chi connectivity index (χ3v) is 4.79. The van der Waals surface area contributed by atoms with Crippen LogP contribution in [0.3, 0.4) is 0 Å². The third kappa shape index (κ3) is 3.81. The van der Waals surface area contributed by atoms with Gasteiger partial charge in [0.05, 0.1) is 0 Å². The lowest BCUT2D eigenvalue weighted by molar-refractivity contribution is 0.458. The molecule has 1 aromatic rings. The molecule has 0 amide bonds. The molecule has 0 unspecified atom stereocenters. The Morgan fingerprint density at radius 2 is 2.00 bits per heavy atom. The van der Waals surface area contributed by atoms with Crippen molar-refractivity contribution in [3.05, 3.63) is 35.9 Å². The first-order chi connectivity index (χ1) is 9.09. The maximum atomic E-state index is 12.0. The standard InChI is InChI=1S/C14H19NO3S/c16-13-8-4-5-9-14(13)19(17,18)15-11-10-12-6-2-1-3-7-12/h4-6,8-9,15-16H,1-3,7,10-11H2. The summed E-state index contributed by atoms with van der Waals surface area (Å²) in [6.07, 6.45) is 7.54. The number of para-hydroxylation sites is 1. The lowest BCUT2D eigenvalue weighted by Crippen LogP contribution is -2.25. The molecule has 0 aromatic heterocycles. The zero-order chi connectivity index (χ0) is 13.7. The first-order valence-electron chi connectivity index (χ1n) is 6.55. The maximum Gasteiger partial charge on any atom is 0.244 e. The summed E-state index contributed by atoms with van der Waals surface area (Å²) in [4.78, 5) is -0.0624. The van der Waals surface area contributed by atoms with Crippen molar-refractivity contribution in [2.45, 2.75) is 37.0 Å². The van der Waals surface area contributed by atoms with Crippen LogP contribution in [0.5, 0.6) is 5.75 Å². The largest absolute Gasteiger partial charge is 0.507 e. The molecule has 1 aromatic carbocycles. The number of allylic oxidation sites excluding steroid dienone is 1. The van der Waals surface area contributed by atoms with Crippen LogP contribution in [0, 0.1) is 0 Å². The average Bonchev–Trinajstić information content (AvgIpc) is 2.40. The number of phenolic OH excluding ortho intramolecular Hbond substituents is 1. The zero-order valence-electron chi connectivity index (χ0n) is 10.8. The second kappa shape index (κ2) is 6.21. The topological polar surface area (TPSA) is 66.4 Å². The van der Waals surface area contributed by atoms with E-state index >= 15 is 0 Å². The Bertz CT molecular complexity index is 564. The van der Waals surface area contributed by atoms with Gasteiger partial charge in [-0.05, 0) is 44.2 Å². The minimum Gasteiger partial charge on any atom is -0.507 e. The van der Waals surface area contributed by atoms with E-state index in [9.17, 15) is 13.5 Å². The van der Waals surface area contributed by atoms with Crippen molar-refractivity contribution in [3.63, 3.8) is 0 Å². The maximum absolute atomic E-state index is 12.0. The Balaban J connectivity index is 1.95. The van der Waals surface area contributed by atoms with Gasteiger partial charge in [0.25, 0.3) is 0 Å². The fraction of sp³-hybridized carbons (Fsp3) is 0.429. The molecule has 0 bridgehead atoms. The molecule has 104 valence electrons. The molecule has 1 aliphatic rings. The molecule has 0 fully saturated rings. The van der Waals surface area contributed by atoms with E-state index < -0.39 is 10.0 Å². The number of sulfonamides is 1. The van der Waals surface area contributed by atoms with Gasteiger partial charge in [-0.2, -0.15) is 0 Å². The second-order valence-corrected chi connectivity index (χ2v) is 6.46. The Kier molecular flexibility index (Phi) is 4.61. The molecule has 0 spiro atoms. The minimum absolute atomic E-state index is 0.0624. The summed E-state index contributed by atoms with van der Waals surface area (Å²) in [5, 5.41) is 9.56. The molecule has 1 aliphatic carbocycles. The van der Waals surface area contributed by atoms with Crippen LogP contribution < -0.4 is 4.72 Å². The van der Waals surface area contributed by atoms with E-state index in [0.717, 1.165) is 19.3 Å². The van der Waals surface area contributed by atoms with E-state index in [1.54, 1.807) is 12.1 Å². The molecule has 4 nitrogen and oxygen atoms in total. The van der Waals surface area contributed by atoms with Gasteiger partial charge in [-0.3, -0.25) is 0 Å². The molecule has 0 saturated carbocycles. The summed E-state index contributed by atoms with van der Waals surface area (Å²) in [7, 11) is -3.62. The predicted octanol–water partition coefficient (Wildman–Crippen LogP) is 2.56. The SMILES string of the molecule is O=S(=O)(NCCC1=CCCCC1)c1ccccc1O. The number of benzene rings is 1. The van der Waals surface area contributed by atoms with Gasteiger partial charge >= 0.3 is 0 Å². The van der Waals surface area contributed by atoms with Crippen molar-refractivity contribution in [1.82, 2.24) is 4.72 Å². The van der Waals surface area contributed by atoms with E-state index in [4.69, 9.17) is 0 Å². The van der Waals surface area contributed by atoms with Crippen LogP contribution in [-0.4, -0.2) is 20.1 Å².